The molecule has 1 amide bonds. The molecule has 0 radical (unpaired) electrons. The van der Waals surface area contributed by atoms with Crippen molar-refractivity contribution in [3.8, 4) is 11.1 Å². The molecule has 1 aliphatic heterocycles. The number of rotatable bonds is 4. The number of nitrogens with zero attached hydrogens (tertiary/aromatic N) is 1. The first kappa shape index (κ1) is 16.8. The zero-order chi connectivity index (χ0) is 17.3. The lowest BCUT2D eigenvalue weighted by Crippen LogP contribution is -2.45. The highest BCUT2D eigenvalue weighted by molar-refractivity contribution is 6.49. The summed E-state index contributed by atoms with van der Waals surface area (Å²) in [7, 11) is -0.743. The van der Waals surface area contributed by atoms with E-state index in [0.717, 1.165) is 12.8 Å². The monoisotopic (exact) mass is 321 g/mol. The first-order valence-corrected chi connectivity index (χ1v) is 8.54. The van der Waals surface area contributed by atoms with E-state index in [1.54, 1.807) is 11.6 Å². The van der Waals surface area contributed by atoms with Crippen molar-refractivity contribution in [2.24, 2.45) is 5.41 Å². The van der Waals surface area contributed by atoms with Crippen LogP contribution < -0.4 is 0 Å². The summed E-state index contributed by atoms with van der Waals surface area (Å²) >= 11 is 0. The van der Waals surface area contributed by atoms with E-state index < -0.39 is 12.5 Å². The first-order valence-electron chi connectivity index (χ1n) is 8.54. The maximum Gasteiger partial charge on any atom is 0.412 e. The van der Waals surface area contributed by atoms with Gasteiger partial charge in [0.15, 0.2) is 0 Å². The van der Waals surface area contributed by atoms with Crippen molar-refractivity contribution < 1.29 is 9.82 Å². The van der Waals surface area contributed by atoms with Crippen molar-refractivity contribution in [3.05, 3.63) is 60.2 Å². The summed E-state index contributed by atoms with van der Waals surface area (Å²) in [5, 5.41) is 10.0. The molecule has 24 heavy (non-hydrogen) atoms. The van der Waals surface area contributed by atoms with E-state index in [-0.39, 0.29) is 11.9 Å². The molecule has 1 N–H and O–H groups in total. The van der Waals surface area contributed by atoms with Gasteiger partial charge >= 0.3 is 7.05 Å². The van der Waals surface area contributed by atoms with Crippen LogP contribution in [0.2, 0.25) is 6.82 Å². The molecule has 3 nitrogen and oxygen atoms in total. The quantitative estimate of drug-likeness (QED) is 0.874. The van der Waals surface area contributed by atoms with E-state index in [1.807, 2.05) is 32.0 Å². The molecule has 3 rings (SSSR count). The normalized spacial score (nSPS) is 19.6. The third-order valence-electron chi connectivity index (χ3n) is 4.89. The van der Waals surface area contributed by atoms with Gasteiger partial charge in [-0.25, -0.2) is 0 Å². The zero-order valence-electron chi connectivity index (χ0n) is 14.6. The number of amides is 1. The number of benzene rings is 2. The lowest BCUT2D eigenvalue weighted by atomic mass is 9.83. The summed E-state index contributed by atoms with van der Waals surface area (Å²) < 4.78 is 0. The Bertz CT molecular complexity index is 710. The molecule has 2 aromatic rings. The Morgan fingerprint density at radius 3 is 2.25 bits per heavy atom. The van der Waals surface area contributed by atoms with Crippen molar-refractivity contribution >= 4 is 13.0 Å². The lowest BCUT2D eigenvalue weighted by molar-refractivity contribution is -0.131. The van der Waals surface area contributed by atoms with Crippen LogP contribution >= 0.6 is 0 Å². The lowest BCUT2D eigenvalue weighted by Gasteiger charge is -2.26. The highest BCUT2D eigenvalue weighted by atomic mass is 16.2. The van der Waals surface area contributed by atoms with Gasteiger partial charge in [-0.15, -0.1) is 0 Å². The minimum Gasteiger partial charge on any atom is -0.432 e. The fraction of sp³-hybridized carbons (Fsp3) is 0.350. The van der Waals surface area contributed by atoms with Gasteiger partial charge in [0, 0.05) is 11.5 Å². The van der Waals surface area contributed by atoms with Crippen LogP contribution in [-0.2, 0) is 11.2 Å². The molecule has 2 aromatic carbocycles. The summed E-state index contributed by atoms with van der Waals surface area (Å²) in [6, 6.07) is 18.8. The Morgan fingerprint density at radius 1 is 1.08 bits per heavy atom. The third-order valence-corrected chi connectivity index (χ3v) is 4.89. The maximum atomic E-state index is 12.5. The molecule has 1 aliphatic rings. The van der Waals surface area contributed by atoms with Gasteiger partial charge in [-0.2, -0.15) is 0 Å². The Morgan fingerprint density at radius 2 is 1.67 bits per heavy atom. The van der Waals surface area contributed by atoms with Crippen LogP contribution in [0.25, 0.3) is 11.1 Å². The number of hydrogen-bond donors (Lipinski definition) is 1. The second-order valence-electron chi connectivity index (χ2n) is 7.35. The van der Waals surface area contributed by atoms with Crippen LogP contribution in [0.15, 0.2) is 54.6 Å². The van der Waals surface area contributed by atoms with E-state index in [9.17, 15) is 9.82 Å². The van der Waals surface area contributed by atoms with E-state index >= 15 is 0 Å². The number of carbonyl (C=O) groups is 1. The predicted molar refractivity (Wildman–Crippen MR) is 98.5 cm³/mol. The summed E-state index contributed by atoms with van der Waals surface area (Å²) in [6.45, 7) is 5.59. The van der Waals surface area contributed by atoms with Gasteiger partial charge in [-0.3, -0.25) is 4.79 Å². The van der Waals surface area contributed by atoms with Gasteiger partial charge in [-0.05, 0) is 36.4 Å². The summed E-state index contributed by atoms with van der Waals surface area (Å²) in [4.78, 5) is 14.1. The average Bonchev–Trinajstić information content (AvgIpc) is 2.78. The molecule has 1 fully saturated rings. The summed E-state index contributed by atoms with van der Waals surface area (Å²) in [5.41, 5.74) is 3.18. The van der Waals surface area contributed by atoms with Gasteiger partial charge in [0.25, 0.3) is 0 Å². The van der Waals surface area contributed by atoms with Crippen molar-refractivity contribution in [2.75, 3.05) is 0 Å². The Hall–Kier alpha value is -2.07. The summed E-state index contributed by atoms with van der Waals surface area (Å²) in [5.74, 6) is 0.0448. The second-order valence-corrected chi connectivity index (χ2v) is 7.35. The van der Waals surface area contributed by atoms with Gasteiger partial charge < -0.3 is 9.83 Å². The Kier molecular flexibility index (Phi) is 4.50. The molecule has 1 saturated heterocycles. The molecule has 0 saturated carbocycles. The third kappa shape index (κ3) is 3.24. The van der Waals surface area contributed by atoms with Gasteiger partial charge in [0.05, 0.1) is 0 Å². The standard InChI is InChI=1S/C20H24BNO2/c1-20(2)14-18(22(19(20)23)21(3)24)13-15-9-11-17(12-10-15)16-7-5-4-6-8-16/h4-12,18,24H,13-14H2,1-3H3/t18-/m1/s1. The minimum absolute atomic E-state index is 0.0448. The summed E-state index contributed by atoms with van der Waals surface area (Å²) in [6.07, 6.45) is 1.55. The van der Waals surface area contributed by atoms with Crippen molar-refractivity contribution in [1.82, 2.24) is 4.81 Å². The molecular formula is C20H24BNO2. The highest BCUT2D eigenvalue weighted by Crippen LogP contribution is 2.37. The van der Waals surface area contributed by atoms with Crippen LogP contribution in [-0.4, -0.2) is 28.8 Å². The van der Waals surface area contributed by atoms with Crippen LogP contribution in [0, 0.1) is 5.41 Å². The molecule has 4 heteroatoms. The van der Waals surface area contributed by atoms with E-state index in [1.165, 1.54) is 16.7 Å². The number of carbonyl (C=O) groups excluding carboxylic acids is 1. The van der Waals surface area contributed by atoms with Gasteiger partial charge in [0.2, 0.25) is 5.91 Å². The van der Waals surface area contributed by atoms with Gasteiger partial charge in [-0.1, -0.05) is 68.4 Å². The maximum absolute atomic E-state index is 12.5. The first-order chi connectivity index (χ1) is 11.4. The molecule has 124 valence electrons. The fourth-order valence-electron chi connectivity index (χ4n) is 3.67. The zero-order valence-corrected chi connectivity index (χ0v) is 14.6. The highest BCUT2D eigenvalue weighted by Gasteiger charge is 2.47. The average molecular weight is 321 g/mol. The SMILES string of the molecule is CB(O)N1C(=O)C(C)(C)C[C@H]1Cc1ccc(-c2ccccc2)cc1. The molecule has 0 aromatic heterocycles. The van der Waals surface area contributed by atoms with Crippen molar-refractivity contribution in [1.29, 1.82) is 0 Å². The fourth-order valence-corrected chi connectivity index (χ4v) is 3.67. The molecular weight excluding hydrogens is 297 g/mol. The molecule has 1 atom stereocenters. The van der Waals surface area contributed by atoms with Crippen molar-refractivity contribution in [2.45, 2.75) is 39.6 Å². The van der Waals surface area contributed by atoms with Crippen LogP contribution in [0.5, 0.6) is 0 Å². The van der Waals surface area contributed by atoms with Crippen molar-refractivity contribution in [3.63, 3.8) is 0 Å². The second kappa shape index (κ2) is 6.44. The van der Waals surface area contributed by atoms with E-state index in [0.29, 0.717) is 0 Å². The molecule has 0 aliphatic carbocycles. The smallest absolute Gasteiger partial charge is 0.412 e. The molecule has 1 heterocycles. The predicted octanol–water partition coefficient (Wildman–Crippen LogP) is 3.63. The van der Waals surface area contributed by atoms with E-state index in [2.05, 4.69) is 36.4 Å². The largest absolute Gasteiger partial charge is 0.432 e. The minimum atomic E-state index is -0.743. The van der Waals surface area contributed by atoms with E-state index in [4.69, 9.17) is 0 Å². The topological polar surface area (TPSA) is 40.5 Å². The molecule has 0 spiro atoms. The molecule has 0 unspecified atom stereocenters. The number of hydrogen-bond acceptors (Lipinski definition) is 2. The Balaban J connectivity index is 1.77. The van der Waals surface area contributed by atoms with Crippen LogP contribution in [0.4, 0.5) is 0 Å². The molecule has 0 bridgehead atoms. The van der Waals surface area contributed by atoms with Crippen LogP contribution in [0.3, 0.4) is 0 Å². The van der Waals surface area contributed by atoms with Gasteiger partial charge in [0.1, 0.15) is 0 Å². The van der Waals surface area contributed by atoms with Crippen LogP contribution in [0.1, 0.15) is 25.8 Å². The Labute approximate surface area is 144 Å².